The minimum atomic E-state index is 0. The van der Waals surface area contributed by atoms with Crippen molar-refractivity contribution in [2.24, 2.45) is 0 Å². The Morgan fingerprint density at radius 3 is 2.11 bits per heavy atom. The first-order valence-electron chi connectivity index (χ1n) is 7.47. The molecular formula is C17H31NO. The zero-order chi connectivity index (χ0) is 13.3. The van der Waals surface area contributed by atoms with E-state index in [1.54, 1.807) is 0 Å². The minimum absolute atomic E-state index is 0. The molecule has 19 heavy (non-hydrogen) atoms. The zero-order valence-corrected chi connectivity index (χ0v) is 12.8. The standard InChI is InChI=1S/C17H29N.H2O/c1-4-5-6-7-8-12-15-18-17(2,3)16-13-10-9-11-14-16;/h9-11,13-14,18H,4-8,12,15H2,1-3H3;1H2. The largest absolute Gasteiger partial charge is 0.412 e. The maximum absolute atomic E-state index is 3.67. The van der Waals surface area contributed by atoms with Crippen molar-refractivity contribution < 1.29 is 5.48 Å². The fraction of sp³-hybridized carbons (Fsp3) is 0.647. The molecule has 1 aromatic carbocycles. The van der Waals surface area contributed by atoms with Crippen molar-refractivity contribution in [3.63, 3.8) is 0 Å². The smallest absolute Gasteiger partial charge is 0.0377 e. The van der Waals surface area contributed by atoms with Gasteiger partial charge < -0.3 is 10.8 Å². The van der Waals surface area contributed by atoms with E-state index in [4.69, 9.17) is 0 Å². The van der Waals surface area contributed by atoms with E-state index < -0.39 is 0 Å². The van der Waals surface area contributed by atoms with Crippen LogP contribution in [0.3, 0.4) is 0 Å². The molecule has 3 N–H and O–H groups in total. The molecule has 0 fully saturated rings. The van der Waals surface area contributed by atoms with Crippen LogP contribution in [0.4, 0.5) is 0 Å². The van der Waals surface area contributed by atoms with E-state index in [9.17, 15) is 0 Å². The lowest BCUT2D eigenvalue weighted by atomic mass is 9.94. The van der Waals surface area contributed by atoms with E-state index in [2.05, 4.69) is 56.4 Å². The maximum atomic E-state index is 3.67. The van der Waals surface area contributed by atoms with Crippen LogP contribution < -0.4 is 5.32 Å². The lowest BCUT2D eigenvalue weighted by molar-refractivity contribution is 0.394. The SMILES string of the molecule is CCCCCCCCNC(C)(C)c1ccccc1.O. The molecule has 110 valence electrons. The Bertz CT molecular complexity index is 308. The van der Waals surface area contributed by atoms with E-state index in [0.29, 0.717) is 0 Å². The van der Waals surface area contributed by atoms with Crippen LogP contribution in [-0.4, -0.2) is 12.0 Å². The van der Waals surface area contributed by atoms with Crippen molar-refractivity contribution in [3.05, 3.63) is 35.9 Å². The van der Waals surface area contributed by atoms with Crippen LogP contribution in [-0.2, 0) is 5.54 Å². The molecule has 0 aromatic heterocycles. The Labute approximate surface area is 118 Å². The summed E-state index contributed by atoms with van der Waals surface area (Å²) < 4.78 is 0. The van der Waals surface area contributed by atoms with Crippen molar-refractivity contribution in [2.45, 2.75) is 64.8 Å². The predicted octanol–water partition coefficient (Wildman–Crippen LogP) is 4.05. The Hall–Kier alpha value is -0.860. The molecule has 0 radical (unpaired) electrons. The third-order valence-electron chi connectivity index (χ3n) is 3.59. The monoisotopic (exact) mass is 265 g/mol. The second kappa shape index (κ2) is 9.99. The lowest BCUT2D eigenvalue weighted by Gasteiger charge is -2.27. The van der Waals surface area contributed by atoms with Crippen LogP contribution in [0.2, 0.25) is 0 Å². The average molecular weight is 265 g/mol. The van der Waals surface area contributed by atoms with Crippen LogP contribution in [0.15, 0.2) is 30.3 Å². The van der Waals surface area contributed by atoms with Crippen LogP contribution in [0, 0.1) is 0 Å². The second-order valence-electron chi connectivity index (χ2n) is 5.69. The summed E-state index contributed by atoms with van der Waals surface area (Å²) >= 11 is 0. The minimum Gasteiger partial charge on any atom is -0.412 e. The first-order chi connectivity index (χ1) is 8.67. The highest BCUT2D eigenvalue weighted by atomic mass is 16.0. The highest BCUT2D eigenvalue weighted by Crippen LogP contribution is 2.19. The van der Waals surface area contributed by atoms with Crippen molar-refractivity contribution >= 4 is 0 Å². The van der Waals surface area contributed by atoms with Crippen LogP contribution in [0.1, 0.15) is 64.9 Å². The van der Waals surface area contributed by atoms with Gasteiger partial charge in [0.25, 0.3) is 0 Å². The zero-order valence-electron chi connectivity index (χ0n) is 12.8. The van der Waals surface area contributed by atoms with Crippen molar-refractivity contribution in [2.75, 3.05) is 6.54 Å². The fourth-order valence-electron chi connectivity index (χ4n) is 2.26. The molecule has 0 amide bonds. The van der Waals surface area contributed by atoms with E-state index in [0.717, 1.165) is 6.54 Å². The summed E-state index contributed by atoms with van der Waals surface area (Å²) in [6.45, 7) is 7.91. The van der Waals surface area contributed by atoms with Gasteiger partial charge in [0.05, 0.1) is 0 Å². The first-order valence-corrected chi connectivity index (χ1v) is 7.47. The Kier molecular flexibility index (Phi) is 9.54. The number of rotatable bonds is 9. The summed E-state index contributed by atoms with van der Waals surface area (Å²) in [6.07, 6.45) is 8.17. The number of hydrogen-bond acceptors (Lipinski definition) is 1. The van der Waals surface area contributed by atoms with E-state index in [1.807, 2.05) is 0 Å². The Morgan fingerprint density at radius 2 is 1.47 bits per heavy atom. The van der Waals surface area contributed by atoms with Gasteiger partial charge in [0, 0.05) is 5.54 Å². The number of hydrogen-bond donors (Lipinski definition) is 1. The lowest BCUT2D eigenvalue weighted by Crippen LogP contribution is -2.37. The quantitative estimate of drug-likeness (QED) is 0.673. The van der Waals surface area contributed by atoms with Gasteiger partial charge >= 0.3 is 0 Å². The summed E-state index contributed by atoms with van der Waals surface area (Å²) in [5.41, 5.74) is 1.46. The predicted molar refractivity (Wildman–Crippen MR) is 84.5 cm³/mol. The summed E-state index contributed by atoms with van der Waals surface area (Å²) in [5, 5.41) is 3.67. The highest BCUT2D eigenvalue weighted by molar-refractivity contribution is 5.22. The molecule has 0 saturated heterocycles. The van der Waals surface area contributed by atoms with Gasteiger partial charge in [0.15, 0.2) is 0 Å². The summed E-state index contributed by atoms with van der Waals surface area (Å²) in [4.78, 5) is 0. The average Bonchev–Trinajstić information content (AvgIpc) is 2.39. The molecule has 0 aliphatic heterocycles. The molecule has 1 rings (SSSR count). The summed E-state index contributed by atoms with van der Waals surface area (Å²) in [5.74, 6) is 0. The molecule has 2 heteroatoms. The number of benzene rings is 1. The van der Waals surface area contributed by atoms with Crippen molar-refractivity contribution in [1.82, 2.24) is 5.32 Å². The van der Waals surface area contributed by atoms with Gasteiger partial charge in [-0.1, -0.05) is 69.4 Å². The number of unbranched alkanes of at least 4 members (excludes halogenated alkanes) is 5. The van der Waals surface area contributed by atoms with Gasteiger partial charge in [0.2, 0.25) is 0 Å². The van der Waals surface area contributed by atoms with E-state index >= 15 is 0 Å². The van der Waals surface area contributed by atoms with Crippen LogP contribution in [0.25, 0.3) is 0 Å². The van der Waals surface area contributed by atoms with Crippen molar-refractivity contribution in [1.29, 1.82) is 0 Å². The molecule has 0 spiro atoms. The van der Waals surface area contributed by atoms with E-state index in [-0.39, 0.29) is 11.0 Å². The van der Waals surface area contributed by atoms with Gasteiger partial charge in [0.1, 0.15) is 0 Å². The third-order valence-corrected chi connectivity index (χ3v) is 3.59. The topological polar surface area (TPSA) is 43.5 Å². The summed E-state index contributed by atoms with van der Waals surface area (Å²) in [6, 6.07) is 10.7. The van der Waals surface area contributed by atoms with Gasteiger partial charge in [-0.2, -0.15) is 0 Å². The first kappa shape index (κ1) is 18.1. The van der Waals surface area contributed by atoms with Gasteiger partial charge in [-0.15, -0.1) is 0 Å². The number of nitrogens with one attached hydrogen (secondary N) is 1. The maximum Gasteiger partial charge on any atom is 0.0377 e. The fourth-order valence-corrected chi connectivity index (χ4v) is 2.26. The molecule has 0 unspecified atom stereocenters. The highest BCUT2D eigenvalue weighted by Gasteiger charge is 2.18. The van der Waals surface area contributed by atoms with Crippen molar-refractivity contribution in [3.8, 4) is 0 Å². The molecule has 1 aromatic rings. The Morgan fingerprint density at radius 1 is 0.895 bits per heavy atom. The third kappa shape index (κ3) is 7.34. The molecule has 0 saturated carbocycles. The van der Waals surface area contributed by atoms with Crippen LogP contribution >= 0.6 is 0 Å². The molecule has 2 nitrogen and oxygen atoms in total. The van der Waals surface area contributed by atoms with Gasteiger partial charge in [-0.25, -0.2) is 0 Å². The Balaban J connectivity index is 0.00000324. The molecule has 0 aliphatic rings. The molecule has 0 atom stereocenters. The molecule has 0 heterocycles. The van der Waals surface area contributed by atoms with E-state index in [1.165, 1.54) is 44.1 Å². The van der Waals surface area contributed by atoms with Crippen LogP contribution in [0.5, 0.6) is 0 Å². The molecule has 0 aliphatic carbocycles. The normalized spacial score (nSPS) is 11.1. The van der Waals surface area contributed by atoms with Gasteiger partial charge in [-0.05, 0) is 32.4 Å². The van der Waals surface area contributed by atoms with Gasteiger partial charge in [-0.3, -0.25) is 0 Å². The summed E-state index contributed by atoms with van der Waals surface area (Å²) in [7, 11) is 0. The molecule has 0 bridgehead atoms. The second-order valence-corrected chi connectivity index (χ2v) is 5.69. The molecular weight excluding hydrogens is 234 g/mol.